The van der Waals surface area contributed by atoms with Crippen LogP contribution in [-0.4, -0.2) is 18.8 Å². The quantitative estimate of drug-likeness (QED) is 0.748. The molecule has 0 spiro atoms. The van der Waals surface area contributed by atoms with Gasteiger partial charge in [-0.15, -0.1) is 0 Å². The number of rotatable bonds is 3. The Morgan fingerprint density at radius 2 is 1.94 bits per heavy atom. The Morgan fingerprint density at radius 3 is 2.35 bits per heavy atom. The summed E-state index contributed by atoms with van der Waals surface area (Å²) in [6, 6.07) is 3.35. The summed E-state index contributed by atoms with van der Waals surface area (Å²) in [5.74, 6) is 0.523. The van der Waals surface area contributed by atoms with Crippen LogP contribution < -0.4 is 16.2 Å². The number of methoxy groups -OCH3 is 1. The first kappa shape index (κ1) is 13.8. The third kappa shape index (κ3) is 2.90. The second-order valence-corrected chi connectivity index (χ2v) is 5.21. The standard InChI is InChI=1S/C13H22N2O2/c1-13(2,3)8-5-9(10(15)7-14)12(16)11(6-8)17-4/h5-6,10,16H,7,14-15H2,1-4H3/t10-/m1/s1. The molecule has 1 aromatic rings. The van der Waals surface area contributed by atoms with E-state index >= 15 is 0 Å². The van der Waals surface area contributed by atoms with E-state index in [0.717, 1.165) is 5.56 Å². The molecule has 0 aliphatic heterocycles. The van der Waals surface area contributed by atoms with Gasteiger partial charge >= 0.3 is 0 Å². The SMILES string of the molecule is COc1cc(C(C)(C)C)cc([C@H](N)CN)c1O. The second kappa shape index (κ2) is 4.94. The highest BCUT2D eigenvalue weighted by atomic mass is 16.5. The van der Waals surface area contributed by atoms with Crippen molar-refractivity contribution in [1.29, 1.82) is 0 Å². The van der Waals surface area contributed by atoms with Crippen LogP contribution in [0.1, 0.15) is 37.9 Å². The normalized spacial score (nSPS) is 13.5. The average Bonchev–Trinajstić information content (AvgIpc) is 2.26. The van der Waals surface area contributed by atoms with E-state index in [0.29, 0.717) is 11.3 Å². The molecular formula is C13H22N2O2. The van der Waals surface area contributed by atoms with E-state index < -0.39 is 0 Å². The minimum Gasteiger partial charge on any atom is -0.504 e. The molecule has 0 bridgehead atoms. The maximum atomic E-state index is 10.0. The average molecular weight is 238 g/mol. The Kier molecular flexibility index (Phi) is 4.01. The van der Waals surface area contributed by atoms with Gasteiger partial charge in [0.1, 0.15) is 0 Å². The van der Waals surface area contributed by atoms with Crippen LogP contribution in [0.15, 0.2) is 12.1 Å². The monoisotopic (exact) mass is 238 g/mol. The summed E-state index contributed by atoms with van der Waals surface area (Å²) < 4.78 is 5.17. The molecule has 0 aromatic heterocycles. The number of aromatic hydroxyl groups is 1. The van der Waals surface area contributed by atoms with Gasteiger partial charge in [0.15, 0.2) is 11.5 Å². The van der Waals surface area contributed by atoms with Crippen molar-refractivity contribution >= 4 is 0 Å². The molecule has 1 rings (SSSR count). The van der Waals surface area contributed by atoms with Crippen LogP contribution in [0.2, 0.25) is 0 Å². The molecular weight excluding hydrogens is 216 g/mol. The lowest BCUT2D eigenvalue weighted by molar-refractivity contribution is 0.366. The van der Waals surface area contributed by atoms with Crippen LogP contribution in [-0.2, 0) is 5.41 Å². The zero-order valence-electron chi connectivity index (χ0n) is 10.9. The fourth-order valence-electron chi connectivity index (χ4n) is 1.63. The first-order chi connectivity index (χ1) is 7.81. The highest BCUT2D eigenvalue weighted by Crippen LogP contribution is 2.37. The maximum absolute atomic E-state index is 10.0. The van der Waals surface area contributed by atoms with Crippen molar-refractivity contribution in [3.8, 4) is 11.5 Å². The number of hydrogen-bond acceptors (Lipinski definition) is 4. The van der Waals surface area contributed by atoms with Crippen molar-refractivity contribution in [1.82, 2.24) is 0 Å². The van der Waals surface area contributed by atoms with Crippen molar-refractivity contribution in [2.45, 2.75) is 32.2 Å². The molecule has 0 aliphatic rings. The van der Waals surface area contributed by atoms with Crippen LogP contribution in [0.25, 0.3) is 0 Å². The van der Waals surface area contributed by atoms with Gasteiger partial charge in [0.25, 0.3) is 0 Å². The van der Waals surface area contributed by atoms with Gasteiger partial charge in [0.2, 0.25) is 0 Å². The predicted octanol–water partition coefficient (Wildman–Crippen LogP) is 1.66. The van der Waals surface area contributed by atoms with Gasteiger partial charge in [0, 0.05) is 18.2 Å². The van der Waals surface area contributed by atoms with E-state index in [1.165, 1.54) is 7.11 Å². The molecule has 1 atom stereocenters. The Bertz CT molecular complexity index is 397. The Morgan fingerprint density at radius 1 is 1.35 bits per heavy atom. The first-order valence-corrected chi connectivity index (χ1v) is 5.68. The van der Waals surface area contributed by atoms with Gasteiger partial charge in [-0.1, -0.05) is 20.8 Å². The first-order valence-electron chi connectivity index (χ1n) is 5.68. The van der Waals surface area contributed by atoms with Gasteiger partial charge in [-0.05, 0) is 23.1 Å². The van der Waals surface area contributed by atoms with Gasteiger partial charge < -0.3 is 21.3 Å². The van der Waals surface area contributed by atoms with Crippen LogP contribution >= 0.6 is 0 Å². The molecule has 96 valence electrons. The van der Waals surface area contributed by atoms with E-state index in [2.05, 4.69) is 20.8 Å². The fraction of sp³-hybridized carbons (Fsp3) is 0.538. The van der Waals surface area contributed by atoms with Crippen molar-refractivity contribution in [2.75, 3.05) is 13.7 Å². The summed E-state index contributed by atoms with van der Waals surface area (Å²) in [4.78, 5) is 0. The van der Waals surface area contributed by atoms with Gasteiger partial charge in [-0.25, -0.2) is 0 Å². The van der Waals surface area contributed by atoms with Crippen molar-refractivity contribution in [3.05, 3.63) is 23.3 Å². The topological polar surface area (TPSA) is 81.5 Å². The molecule has 0 aliphatic carbocycles. The predicted molar refractivity (Wildman–Crippen MR) is 69.3 cm³/mol. The van der Waals surface area contributed by atoms with E-state index in [9.17, 15) is 5.11 Å². The fourth-order valence-corrected chi connectivity index (χ4v) is 1.63. The molecule has 0 heterocycles. The molecule has 1 aromatic carbocycles. The number of benzene rings is 1. The van der Waals surface area contributed by atoms with Crippen LogP contribution in [0.4, 0.5) is 0 Å². The number of phenols is 1. The van der Waals surface area contributed by atoms with Crippen molar-refractivity contribution in [3.63, 3.8) is 0 Å². The molecule has 0 amide bonds. The lowest BCUT2D eigenvalue weighted by Crippen LogP contribution is -2.22. The van der Waals surface area contributed by atoms with Gasteiger partial charge in [-0.3, -0.25) is 0 Å². The van der Waals surface area contributed by atoms with E-state index in [4.69, 9.17) is 16.2 Å². The zero-order valence-corrected chi connectivity index (χ0v) is 10.9. The number of phenolic OH excluding ortho intramolecular Hbond substituents is 1. The molecule has 0 saturated heterocycles. The molecule has 0 saturated carbocycles. The molecule has 4 nitrogen and oxygen atoms in total. The summed E-state index contributed by atoms with van der Waals surface area (Å²) >= 11 is 0. The minimum absolute atomic E-state index is 0.0377. The summed E-state index contributed by atoms with van der Waals surface area (Å²) in [6.07, 6.45) is 0. The molecule has 0 fully saturated rings. The van der Waals surface area contributed by atoms with E-state index in [1.54, 1.807) is 0 Å². The lowest BCUT2D eigenvalue weighted by Gasteiger charge is -2.23. The second-order valence-electron chi connectivity index (χ2n) is 5.21. The molecule has 5 N–H and O–H groups in total. The largest absolute Gasteiger partial charge is 0.504 e. The maximum Gasteiger partial charge on any atom is 0.162 e. The Hall–Kier alpha value is -1.26. The van der Waals surface area contributed by atoms with Crippen molar-refractivity contribution in [2.24, 2.45) is 11.5 Å². The zero-order chi connectivity index (χ0) is 13.2. The summed E-state index contributed by atoms with van der Waals surface area (Å²) in [5, 5.41) is 10.0. The number of ether oxygens (including phenoxy) is 1. The molecule has 0 radical (unpaired) electrons. The summed E-state index contributed by atoms with van der Waals surface area (Å²) in [5.41, 5.74) is 13.1. The van der Waals surface area contributed by atoms with E-state index in [-0.39, 0.29) is 23.8 Å². The van der Waals surface area contributed by atoms with Gasteiger partial charge in [0.05, 0.1) is 7.11 Å². The Balaban J connectivity index is 3.39. The third-order valence-electron chi connectivity index (χ3n) is 2.84. The highest BCUT2D eigenvalue weighted by Gasteiger charge is 2.21. The van der Waals surface area contributed by atoms with Crippen molar-refractivity contribution < 1.29 is 9.84 Å². The highest BCUT2D eigenvalue weighted by molar-refractivity contribution is 5.51. The number of hydrogen-bond donors (Lipinski definition) is 3. The van der Waals surface area contributed by atoms with Crippen LogP contribution in [0.3, 0.4) is 0 Å². The van der Waals surface area contributed by atoms with E-state index in [1.807, 2.05) is 12.1 Å². The van der Waals surface area contributed by atoms with Gasteiger partial charge in [-0.2, -0.15) is 0 Å². The Labute approximate surface area is 103 Å². The molecule has 0 unspecified atom stereocenters. The smallest absolute Gasteiger partial charge is 0.162 e. The van der Waals surface area contributed by atoms with Crippen LogP contribution in [0, 0.1) is 0 Å². The summed E-state index contributed by atoms with van der Waals surface area (Å²) in [6.45, 7) is 6.56. The minimum atomic E-state index is -0.383. The molecule has 17 heavy (non-hydrogen) atoms. The lowest BCUT2D eigenvalue weighted by atomic mass is 9.85. The summed E-state index contributed by atoms with van der Waals surface area (Å²) in [7, 11) is 1.53. The number of nitrogens with two attached hydrogens (primary N) is 2. The third-order valence-corrected chi connectivity index (χ3v) is 2.84. The molecule has 4 heteroatoms. The van der Waals surface area contributed by atoms with Crippen LogP contribution in [0.5, 0.6) is 11.5 Å².